The molecule has 90 valence electrons. The molecular formula is C14H18N2O. The summed E-state index contributed by atoms with van der Waals surface area (Å²) in [5.74, 6) is 1.42. The lowest BCUT2D eigenvalue weighted by molar-refractivity contribution is 0.534. The number of aryl methyl sites for hydroxylation is 1. The number of hydrogen-bond donors (Lipinski definition) is 1. The second-order valence-corrected chi connectivity index (χ2v) is 4.96. The Hall–Kier alpha value is -1.51. The van der Waals surface area contributed by atoms with Crippen LogP contribution < -0.4 is 5.73 Å². The Labute approximate surface area is 101 Å². The molecule has 3 heteroatoms. The van der Waals surface area contributed by atoms with E-state index in [9.17, 15) is 0 Å². The van der Waals surface area contributed by atoms with Gasteiger partial charge in [0.25, 0.3) is 0 Å². The van der Waals surface area contributed by atoms with Crippen LogP contribution in [0.4, 0.5) is 5.69 Å². The number of nitrogens with two attached hydrogens (primary N) is 1. The van der Waals surface area contributed by atoms with E-state index >= 15 is 0 Å². The monoisotopic (exact) mass is 230 g/mol. The Bertz CT molecular complexity index is 540. The van der Waals surface area contributed by atoms with Crippen molar-refractivity contribution in [1.29, 1.82) is 0 Å². The Kier molecular flexibility index (Phi) is 2.54. The van der Waals surface area contributed by atoms with Crippen molar-refractivity contribution in [2.75, 3.05) is 5.73 Å². The molecule has 1 aromatic carbocycles. The van der Waals surface area contributed by atoms with E-state index in [0.29, 0.717) is 5.92 Å². The van der Waals surface area contributed by atoms with Crippen molar-refractivity contribution < 1.29 is 4.42 Å². The van der Waals surface area contributed by atoms with Gasteiger partial charge in [-0.3, -0.25) is 0 Å². The van der Waals surface area contributed by atoms with Gasteiger partial charge in [-0.25, -0.2) is 4.98 Å². The van der Waals surface area contributed by atoms with Gasteiger partial charge in [-0.15, -0.1) is 0 Å². The molecule has 3 rings (SSSR count). The summed E-state index contributed by atoms with van der Waals surface area (Å²) in [6, 6.07) is 4.15. The Morgan fingerprint density at radius 2 is 2.24 bits per heavy atom. The lowest BCUT2D eigenvalue weighted by Gasteiger charge is -2.01. The van der Waals surface area contributed by atoms with Gasteiger partial charge in [-0.05, 0) is 43.4 Å². The second-order valence-electron chi connectivity index (χ2n) is 4.96. The zero-order valence-corrected chi connectivity index (χ0v) is 10.2. The highest BCUT2D eigenvalue weighted by Gasteiger charge is 2.29. The van der Waals surface area contributed by atoms with Crippen molar-refractivity contribution in [3.63, 3.8) is 0 Å². The summed E-state index contributed by atoms with van der Waals surface area (Å²) in [6.45, 7) is 2.20. The van der Waals surface area contributed by atoms with Crippen LogP contribution in [0.1, 0.15) is 50.0 Å². The number of unbranched alkanes of at least 4 members (excludes halogenated alkanes) is 1. The molecule has 1 aromatic heterocycles. The van der Waals surface area contributed by atoms with Gasteiger partial charge in [0.1, 0.15) is 5.52 Å². The molecule has 0 radical (unpaired) electrons. The lowest BCUT2D eigenvalue weighted by Crippen LogP contribution is -1.90. The van der Waals surface area contributed by atoms with E-state index in [0.717, 1.165) is 29.1 Å². The molecule has 0 spiro atoms. The van der Waals surface area contributed by atoms with Gasteiger partial charge in [0.15, 0.2) is 11.5 Å². The van der Waals surface area contributed by atoms with E-state index in [4.69, 9.17) is 10.2 Å². The van der Waals surface area contributed by atoms with Gasteiger partial charge >= 0.3 is 0 Å². The fourth-order valence-electron chi connectivity index (χ4n) is 2.17. The zero-order valence-electron chi connectivity index (χ0n) is 10.2. The fraction of sp³-hybridized carbons (Fsp3) is 0.500. The molecule has 0 bridgehead atoms. The highest BCUT2D eigenvalue weighted by atomic mass is 16.3. The van der Waals surface area contributed by atoms with Crippen molar-refractivity contribution in [3.8, 4) is 0 Å². The highest BCUT2D eigenvalue weighted by molar-refractivity contribution is 5.85. The first-order valence-electron chi connectivity index (χ1n) is 6.46. The van der Waals surface area contributed by atoms with E-state index in [1.165, 1.54) is 31.2 Å². The van der Waals surface area contributed by atoms with Gasteiger partial charge in [0.05, 0.1) is 5.69 Å². The molecule has 3 nitrogen and oxygen atoms in total. The third kappa shape index (κ3) is 2.02. The van der Waals surface area contributed by atoms with Gasteiger partial charge in [0.2, 0.25) is 0 Å². The minimum Gasteiger partial charge on any atom is -0.438 e. The summed E-state index contributed by atoms with van der Waals surface area (Å²) in [6.07, 6.45) is 5.87. The highest BCUT2D eigenvalue weighted by Crippen LogP contribution is 2.41. The van der Waals surface area contributed by atoms with Gasteiger partial charge in [-0.1, -0.05) is 13.3 Å². The molecule has 1 saturated carbocycles. The third-order valence-electron chi connectivity index (χ3n) is 3.34. The summed E-state index contributed by atoms with van der Waals surface area (Å²) in [4.78, 5) is 4.56. The molecule has 0 unspecified atom stereocenters. The molecule has 1 aliphatic carbocycles. The molecule has 1 fully saturated rings. The van der Waals surface area contributed by atoms with Crippen LogP contribution in [0.3, 0.4) is 0 Å². The van der Waals surface area contributed by atoms with Gasteiger partial charge < -0.3 is 10.2 Å². The summed E-state index contributed by atoms with van der Waals surface area (Å²) in [5, 5.41) is 0. The fourth-order valence-corrected chi connectivity index (χ4v) is 2.17. The van der Waals surface area contributed by atoms with Crippen LogP contribution in [0.25, 0.3) is 11.1 Å². The van der Waals surface area contributed by atoms with Crippen LogP contribution in [0.5, 0.6) is 0 Å². The molecule has 0 saturated heterocycles. The van der Waals surface area contributed by atoms with Crippen molar-refractivity contribution >= 4 is 16.8 Å². The molecular weight excluding hydrogens is 212 g/mol. The average molecular weight is 230 g/mol. The van der Waals surface area contributed by atoms with E-state index in [2.05, 4.69) is 18.0 Å². The Morgan fingerprint density at radius 3 is 2.94 bits per heavy atom. The van der Waals surface area contributed by atoms with Crippen molar-refractivity contribution in [2.24, 2.45) is 0 Å². The Balaban J connectivity index is 1.99. The SMILES string of the molecule is CCCCc1cc(N)c2oc(C3CC3)nc2c1. The van der Waals surface area contributed by atoms with E-state index in [-0.39, 0.29) is 0 Å². The molecule has 1 heterocycles. The number of nitrogens with zero attached hydrogens (tertiary/aromatic N) is 1. The molecule has 1 aliphatic rings. The van der Waals surface area contributed by atoms with Crippen molar-refractivity contribution in [3.05, 3.63) is 23.6 Å². The smallest absolute Gasteiger partial charge is 0.198 e. The van der Waals surface area contributed by atoms with Crippen molar-refractivity contribution in [1.82, 2.24) is 4.98 Å². The third-order valence-corrected chi connectivity index (χ3v) is 3.34. The number of benzene rings is 1. The summed E-state index contributed by atoms with van der Waals surface area (Å²) in [5.41, 5.74) is 9.73. The number of nitrogen functional groups attached to an aromatic ring is 1. The van der Waals surface area contributed by atoms with Crippen LogP contribution in [0.15, 0.2) is 16.5 Å². The normalized spacial score (nSPS) is 15.6. The predicted octanol–water partition coefficient (Wildman–Crippen LogP) is 3.63. The molecule has 0 aliphatic heterocycles. The van der Waals surface area contributed by atoms with Crippen LogP contribution in [-0.4, -0.2) is 4.98 Å². The standard InChI is InChI=1S/C14H18N2O/c1-2-3-4-9-7-11(15)13-12(8-9)16-14(17-13)10-5-6-10/h7-8,10H,2-6,15H2,1H3. The van der Waals surface area contributed by atoms with E-state index < -0.39 is 0 Å². The maximum atomic E-state index is 6.03. The lowest BCUT2D eigenvalue weighted by atomic mass is 10.1. The molecule has 17 heavy (non-hydrogen) atoms. The minimum absolute atomic E-state index is 0.542. The first kappa shape index (κ1) is 10.6. The van der Waals surface area contributed by atoms with E-state index in [1.807, 2.05) is 6.07 Å². The quantitative estimate of drug-likeness (QED) is 0.816. The summed E-state index contributed by atoms with van der Waals surface area (Å²) in [7, 11) is 0. The maximum Gasteiger partial charge on any atom is 0.198 e. The molecule has 2 aromatic rings. The number of aromatic nitrogens is 1. The van der Waals surface area contributed by atoms with Crippen molar-refractivity contribution in [2.45, 2.75) is 44.9 Å². The summed E-state index contributed by atoms with van der Waals surface area (Å²) >= 11 is 0. The summed E-state index contributed by atoms with van der Waals surface area (Å²) < 4.78 is 5.75. The van der Waals surface area contributed by atoms with Gasteiger partial charge in [0, 0.05) is 5.92 Å². The van der Waals surface area contributed by atoms with E-state index in [1.54, 1.807) is 0 Å². The topological polar surface area (TPSA) is 52.0 Å². The Morgan fingerprint density at radius 1 is 1.41 bits per heavy atom. The number of hydrogen-bond acceptors (Lipinski definition) is 3. The maximum absolute atomic E-state index is 6.03. The number of anilines is 1. The first-order chi connectivity index (χ1) is 8.28. The van der Waals surface area contributed by atoms with Crippen LogP contribution in [0.2, 0.25) is 0 Å². The first-order valence-corrected chi connectivity index (χ1v) is 6.46. The predicted molar refractivity (Wildman–Crippen MR) is 69.0 cm³/mol. The van der Waals surface area contributed by atoms with Crippen LogP contribution in [0, 0.1) is 0 Å². The largest absolute Gasteiger partial charge is 0.438 e. The molecule has 0 atom stereocenters. The number of rotatable bonds is 4. The zero-order chi connectivity index (χ0) is 11.8. The minimum atomic E-state index is 0.542. The average Bonchev–Trinajstić information content (AvgIpc) is 3.07. The van der Waals surface area contributed by atoms with Crippen LogP contribution >= 0.6 is 0 Å². The molecule has 2 N–H and O–H groups in total. The van der Waals surface area contributed by atoms with Crippen LogP contribution in [-0.2, 0) is 6.42 Å². The second kappa shape index (κ2) is 4.06. The van der Waals surface area contributed by atoms with Gasteiger partial charge in [-0.2, -0.15) is 0 Å². The number of oxazole rings is 1. The molecule has 0 amide bonds. The number of fused-ring (bicyclic) bond motifs is 1.